The summed E-state index contributed by atoms with van der Waals surface area (Å²) in [6, 6.07) is 13.0. The highest BCUT2D eigenvalue weighted by Gasteiger charge is 2.19. The van der Waals surface area contributed by atoms with E-state index in [2.05, 4.69) is 10.6 Å². The first-order valence-corrected chi connectivity index (χ1v) is 9.45. The highest BCUT2D eigenvalue weighted by atomic mass is 35.5. The molecule has 0 saturated heterocycles. The Balaban J connectivity index is 1.86. The van der Waals surface area contributed by atoms with Crippen LogP contribution in [0.1, 0.15) is 10.4 Å². The number of rotatable bonds is 4. The molecule has 3 N–H and O–H groups in total. The maximum atomic E-state index is 12.3. The molecule has 0 aliphatic carbocycles. The summed E-state index contributed by atoms with van der Waals surface area (Å²) in [6.45, 7) is 0. The number of anilines is 2. The molecule has 0 fully saturated rings. The van der Waals surface area contributed by atoms with Crippen LogP contribution >= 0.6 is 46.1 Å². The minimum atomic E-state index is -1.15. The topological polar surface area (TPSA) is 78.4 Å². The molecule has 3 rings (SSSR count). The molecule has 0 saturated carbocycles. The Hall–Kier alpha value is -2.25. The number of carboxylic acid groups (broad SMARTS) is 1. The molecule has 3 aromatic rings. The standard InChI is InChI=1S/C18H11Cl3N2O3S/c19-10-6-12(20)15(13(21)7-10)22-18(26)23-16-11(17(24)25)8-14(27-16)9-4-2-1-3-5-9/h1-8H,(H,24,25)(H2,22,23,26). The Morgan fingerprint density at radius 1 is 0.926 bits per heavy atom. The average Bonchev–Trinajstić information content (AvgIpc) is 3.03. The van der Waals surface area contributed by atoms with Gasteiger partial charge in [-0.05, 0) is 23.8 Å². The van der Waals surface area contributed by atoms with E-state index < -0.39 is 12.0 Å². The number of carboxylic acids is 1. The zero-order valence-corrected chi connectivity index (χ0v) is 16.5. The highest BCUT2D eigenvalue weighted by molar-refractivity contribution is 7.20. The lowest BCUT2D eigenvalue weighted by Crippen LogP contribution is -2.20. The maximum Gasteiger partial charge on any atom is 0.338 e. The van der Waals surface area contributed by atoms with Crippen LogP contribution in [0.3, 0.4) is 0 Å². The Bertz CT molecular complexity index is 999. The molecule has 2 aromatic carbocycles. The SMILES string of the molecule is O=C(Nc1sc(-c2ccccc2)cc1C(=O)O)Nc1c(Cl)cc(Cl)cc1Cl. The Morgan fingerprint density at radius 2 is 1.56 bits per heavy atom. The van der Waals surface area contributed by atoms with E-state index in [9.17, 15) is 14.7 Å². The second kappa shape index (κ2) is 8.19. The van der Waals surface area contributed by atoms with Crippen LogP contribution in [0.25, 0.3) is 10.4 Å². The fourth-order valence-corrected chi connectivity index (χ4v) is 4.26. The fourth-order valence-electron chi connectivity index (χ4n) is 2.30. The van der Waals surface area contributed by atoms with Crippen molar-refractivity contribution in [1.82, 2.24) is 0 Å². The van der Waals surface area contributed by atoms with Crippen LogP contribution in [0.5, 0.6) is 0 Å². The number of carbonyl (C=O) groups is 2. The van der Waals surface area contributed by atoms with Gasteiger partial charge in [0.05, 0.1) is 21.3 Å². The molecule has 1 heterocycles. The number of halogens is 3. The number of benzene rings is 2. The van der Waals surface area contributed by atoms with Crippen LogP contribution < -0.4 is 10.6 Å². The molecule has 0 atom stereocenters. The summed E-state index contributed by atoms with van der Waals surface area (Å²) >= 11 is 19.1. The number of amides is 2. The third-order valence-corrected chi connectivity index (χ3v) is 5.41. The molecule has 9 heteroatoms. The molecule has 0 radical (unpaired) electrons. The van der Waals surface area contributed by atoms with E-state index in [1.54, 1.807) is 0 Å². The Kier molecular flexibility index (Phi) is 5.92. The van der Waals surface area contributed by atoms with Crippen LogP contribution in [0.4, 0.5) is 15.5 Å². The van der Waals surface area contributed by atoms with Gasteiger partial charge in [0, 0.05) is 9.90 Å². The van der Waals surface area contributed by atoms with Crippen molar-refractivity contribution >= 4 is 68.8 Å². The minimum Gasteiger partial charge on any atom is -0.478 e. The fraction of sp³-hybridized carbons (Fsp3) is 0. The van der Waals surface area contributed by atoms with Gasteiger partial charge in [0.25, 0.3) is 0 Å². The van der Waals surface area contributed by atoms with Crippen molar-refractivity contribution in [3.8, 4) is 10.4 Å². The normalized spacial score (nSPS) is 10.5. The molecule has 2 amide bonds. The zero-order chi connectivity index (χ0) is 19.6. The maximum absolute atomic E-state index is 12.3. The van der Waals surface area contributed by atoms with E-state index in [0.717, 1.165) is 16.9 Å². The average molecular weight is 442 g/mol. The largest absolute Gasteiger partial charge is 0.478 e. The third kappa shape index (κ3) is 4.54. The summed E-state index contributed by atoms with van der Waals surface area (Å²) in [4.78, 5) is 24.6. The summed E-state index contributed by atoms with van der Waals surface area (Å²) in [5.41, 5.74) is 1.02. The van der Waals surface area contributed by atoms with Crippen molar-refractivity contribution in [2.75, 3.05) is 10.6 Å². The van der Waals surface area contributed by atoms with E-state index in [4.69, 9.17) is 34.8 Å². The van der Waals surface area contributed by atoms with Gasteiger partial charge in [0.2, 0.25) is 0 Å². The van der Waals surface area contributed by atoms with Crippen molar-refractivity contribution in [2.45, 2.75) is 0 Å². The molecule has 0 bridgehead atoms. The number of hydrogen-bond acceptors (Lipinski definition) is 3. The lowest BCUT2D eigenvalue weighted by molar-refractivity contribution is 0.0698. The molecule has 27 heavy (non-hydrogen) atoms. The van der Waals surface area contributed by atoms with Crippen molar-refractivity contribution in [2.24, 2.45) is 0 Å². The van der Waals surface area contributed by atoms with Gasteiger partial charge >= 0.3 is 12.0 Å². The number of urea groups is 1. The molecule has 5 nitrogen and oxygen atoms in total. The summed E-state index contributed by atoms with van der Waals surface area (Å²) in [5, 5.41) is 15.3. The molecular weight excluding hydrogens is 431 g/mol. The zero-order valence-electron chi connectivity index (χ0n) is 13.4. The van der Waals surface area contributed by atoms with Gasteiger partial charge < -0.3 is 10.4 Å². The summed E-state index contributed by atoms with van der Waals surface area (Å²) in [7, 11) is 0. The smallest absolute Gasteiger partial charge is 0.338 e. The van der Waals surface area contributed by atoms with Gasteiger partial charge in [0.1, 0.15) is 5.00 Å². The summed E-state index contributed by atoms with van der Waals surface area (Å²) in [5.74, 6) is -1.15. The van der Waals surface area contributed by atoms with Gasteiger partial charge in [-0.25, -0.2) is 9.59 Å². The molecule has 0 spiro atoms. The number of carbonyl (C=O) groups excluding carboxylic acids is 1. The number of hydrogen-bond donors (Lipinski definition) is 3. The number of aromatic carboxylic acids is 1. The number of thiophene rings is 1. The van der Waals surface area contributed by atoms with Gasteiger partial charge in [-0.15, -0.1) is 11.3 Å². The molecule has 138 valence electrons. The van der Waals surface area contributed by atoms with Gasteiger partial charge in [-0.1, -0.05) is 65.1 Å². The molecule has 1 aromatic heterocycles. The molecular formula is C18H11Cl3N2O3S. The second-order valence-electron chi connectivity index (χ2n) is 5.35. The van der Waals surface area contributed by atoms with E-state index in [0.29, 0.717) is 9.90 Å². The van der Waals surface area contributed by atoms with Crippen molar-refractivity contribution in [3.05, 3.63) is 69.2 Å². The third-order valence-electron chi connectivity index (χ3n) is 3.49. The minimum absolute atomic E-state index is 0.0118. The van der Waals surface area contributed by atoms with Crippen LogP contribution in [-0.2, 0) is 0 Å². The van der Waals surface area contributed by atoms with Crippen molar-refractivity contribution in [3.63, 3.8) is 0 Å². The first kappa shape index (κ1) is 19.5. The van der Waals surface area contributed by atoms with Crippen LogP contribution in [0.15, 0.2) is 48.5 Å². The van der Waals surface area contributed by atoms with Gasteiger partial charge in [0.15, 0.2) is 0 Å². The lowest BCUT2D eigenvalue weighted by atomic mass is 10.1. The molecule has 0 unspecified atom stereocenters. The predicted molar refractivity (Wildman–Crippen MR) is 111 cm³/mol. The lowest BCUT2D eigenvalue weighted by Gasteiger charge is -2.10. The molecule has 0 aliphatic heterocycles. The van der Waals surface area contributed by atoms with E-state index in [1.165, 1.54) is 18.2 Å². The van der Waals surface area contributed by atoms with Crippen molar-refractivity contribution < 1.29 is 14.7 Å². The first-order chi connectivity index (χ1) is 12.8. The van der Waals surface area contributed by atoms with E-state index >= 15 is 0 Å². The molecule has 0 aliphatic rings. The quantitative estimate of drug-likeness (QED) is 0.420. The van der Waals surface area contributed by atoms with E-state index in [-0.39, 0.29) is 26.3 Å². The van der Waals surface area contributed by atoms with Gasteiger partial charge in [-0.2, -0.15) is 0 Å². The first-order valence-electron chi connectivity index (χ1n) is 7.50. The summed E-state index contributed by atoms with van der Waals surface area (Å²) in [6.07, 6.45) is 0. The van der Waals surface area contributed by atoms with E-state index in [1.807, 2.05) is 30.3 Å². The Morgan fingerprint density at radius 3 is 2.15 bits per heavy atom. The summed E-state index contributed by atoms with van der Waals surface area (Å²) < 4.78 is 0. The van der Waals surface area contributed by atoms with Crippen LogP contribution in [0.2, 0.25) is 15.1 Å². The van der Waals surface area contributed by atoms with Gasteiger partial charge in [-0.3, -0.25) is 5.32 Å². The monoisotopic (exact) mass is 440 g/mol. The second-order valence-corrected chi connectivity index (χ2v) is 7.65. The van der Waals surface area contributed by atoms with Crippen LogP contribution in [0, 0.1) is 0 Å². The number of nitrogens with one attached hydrogen (secondary N) is 2. The Labute approximate surface area is 173 Å². The van der Waals surface area contributed by atoms with Crippen LogP contribution in [-0.4, -0.2) is 17.1 Å². The highest BCUT2D eigenvalue weighted by Crippen LogP contribution is 2.37. The van der Waals surface area contributed by atoms with Crippen molar-refractivity contribution in [1.29, 1.82) is 0 Å². The predicted octanol–water partition coefficient (Wildman–Crippen LogP) is 6.72.